The maximum absolute atomic E-state index is 13.0. The van der Waals surface area contributed by atoms with Crippen LogP contribution in [-0.4, -0.2) is 43.8 Å². The van der Waals surface area contributed by atoms with E-state index < -0.39 is 18.0 Å². The van der Waals surface area contributed by atoms with Gasteiger partial charge in [0.25, 0.3) is 5.91 Å². The molecule has 1 fully saturated rings. The molecule has 1 aliphatic heterocycles. The maximum atomic E-state index is 13.0. The minimum Gasteiger partial charge on any atom is -0.381 e. The summed E-state index contributed by atoms with van der Waals surface area (Å²) < 4.78 is 42.1. The van der Waals surface area contributed by atoms with E-state index in [0.29, 0.717) is 36.9 Å². The first kappa shape index (κ1) is 25.0. The van der Waals surface area contributed by atoms with Crippen molar-refractivity contribution < 1.29 is 32.3 Å². The maximum Gasteiger partial charge on any atom is 0.472 e. The van der Waals surface area contributed by atoms with E-state index in [2.05, 4.69) is 5.32 Å². The first-order valence-electron chi connectivity index (χ1n) is 10.7. The van der Waals surface area contributed by atoms with Crippen molar-refractivity contribution in [1.82, 2.24) is 16.2 Å². The van der Waals surface area contributed by atoms with E-state index >= 15 is 0 Å². The Morgan fingerprint density at radius 3 is 2.21 bits per heavy atom. The highest BCUT2D eigenvalue weighted by molar-refractivity contribution is 5.96. The van der Waals surface area contributed by atoms with E-state index in [-0.39, 0.29) is 18.1 Å². The number of nitrogens with zero attached hydrogens (tertiary/aromatic N) is 1. The number of hydrogen-bond donors (Lipinski definition) is 3. The zero-order valence-electron chi connectivity index (χ0n) is 18.2. The molecule has 3 rings (SSSR count). The second kappa shape index (κ2) is 11.5. The molecule has 0 bridgehead atoms. The van der Waals surface area contributed by atoms with Crippen LogP contribution in [0.15, 0.2) is 54.6 Å². The molecule has 2 aromatic rings. The van der Waals surface area contributed by atoms with Crippen LogP contribution in [0.3, 0.4) is 0 Å². The van der Waals surface area contributed by atoms with Gasteiger partial charge in [0.05, 0.1) is 6.54 Å². The van der Waals surface area contributed by atoms with Crippen molar-refractivity contribution in [3.63, 3.8) is 0 Å². The summed E-state index contributed by atoms with van der Waals surface area (Å²) in [5, 5.41) is 2.98. The van der Waals surface area contributed by atoms with Crippen molar-refractivity contribution in [2.75, 3.05) is 24.7 Å². The molecule has 0 atom stereocenters. The normalized spacial score (nSPS) is 14.2. The molecule has 1 saturated heterocycles. The highest BCUT2D eigenvalue weighted by Gasteiger charge is 2.39. The molecule has 34 heavy (non-hydrogen) atoms. The van der Waals surface area contributed by atoms with Crippen LogP contribution in [0.1, 0.15) is 28.8 Å². The number of anilines is 1. The van der Waals surface area contributed by atoms with E-state index in [4.69, 9.17) is 4.74 Å². The second-order valence-corrected chi connectivity index (χ2v) is 7.77. The quantitative estimate of drug-likeness (QED) is 0.556. The number of hydrogen-bond acceptors (Lipinski definition) is 4. The molecule has 0 aliphatic carbocycles. The Kier molecular flexibility index (Phi) is 8.47. The van der Waals surface area contributed by atoms with Gasteiger partial charge in [0.1, 0.15) is 0 Å². The molecule has 11 heteroatoms. The summed E-state index contributed by atoms with van der Waals surface area (Å²) in [7, 11) is 0. The first-order chi connectivity index (χ1) is 16.2. The first-order valence-corrected chi connectivity index (χ1v) is 10.7. The molecule has 1 aliphatic rings. The highest BCUT2D eigenvalue weighted by Crippen LogP contribution is 2.19. The molecule has 0 radical (unpaired) electrons. The summed E-state index contributed by atoms with van der Waals surface area (Å²) >= 11 is 0. The van der Waals surface area contributed by atoms with Crippen LogP contribution in [-0.2, 0) is 16.1 Å². The predicted molar refractivity (Wildman–Crippen MR) is 118 cm³/mol. The Morgan fingerprint density at radius 2 is 1.59 bits per heavy atom. The lowest BCUT2D eigenvalue weighted by molar-refractivity contribution is -0.174. The van der Waals surface area contributed by atoms with Gasteiger partial charge >= 0.3 is 18.1 Å². The molecule has 182 valence electrons. The Morgan fingerprint density at radius 1 is 0.941 bits per heavy atom. The number of para-hydroxylation sites is 1. The number of ether oxygens (including phenoxy) is 1. The summed E-state index contributed by atoms with van der Waals surface area (Å²) in [4.78, 5) is 37.4. The second-order valence-electron chi connectivity index (χ2n) is 7.77. The van der Waals surface area contributed by atoms with E-state index in [1.807, 2.05) is 18.2 Å². The van der Waals surface area contributed by atoms with Crippen molar-refractivity contribution in [3.05, 3.63) is 65.7 Å². The summed E-state index contributed by atoms with van der Waals surface area (Å²) in [5.74, 6) is -2.83. The van der Waals surface area contributed by atoms with Gasteiger partial charge in [-0.05, 0) is 48.6 Å². The number of halogens is 3. The number of alkyl halides is 3. The molecule has 8 nitrogen and oxygen atoms in total. The molecule has 0 saturated carbocycles. The van der Waals surface area contributed by atoms with Gasteiger partial charge in [-0.15, -0.1) is 0 Å². The molecule has 3 N–H and O–H groups in total. The zero-order chi connectivity index (χ0) is 24.6. The number of rotatable bonds is 6. The molecule has 0 aromatic heterocycles. The molecule has 4 amide bonds. The predicted octanol–water partition coefficient (Wildman–Crippen LogP) is 3.15. The Bertz CT molecular complexity index is 978. The summed E-state index contributed by atoms with van der Waals surface area (Å²) in [6, 6.07) is 14.8. The number of amides is 4. The van der Waals surface area contributed by atoms with Gasteiger partial charge < -0.3 is 10.1 Å². The van der Waals surface area contributed by atoms with Gasteiger partial charge in [0.2, 0.25) is 0 Å². The third kappa shape index (κ3) is 7.20. The van der Waals surface area contributed by atoms with Gasteiger partial charge in [-0.3, -0.25) is 25.3 Å². The van der Waals surface area contributed by atoms with Gasteiger partial charge in [-0.25, -0.2) is 4.79 Å². The van der Waals surface area contributed by atoms with Crippen LogP contribution in [0.2, 0.25) is 0 Å². The minimum atomic E-state index is -5.11. The fraction of sp³-hybridized carbons (Fsp3) is 0.348. The Hall–Kier alpha value is -3.60. The van der Waals surface area contributed by atoms with Crippen molar-refractivity contribution in [2.24, 2.45) is 5.92 Å². The van der Waals surface area contributed by atoms with Crippen LogP contribution in [0.4, 0.5) is 23.7 Å². The zero-order valence-corrected chi connectivity index (χ0v) is 18.2. The largest absolute Gasteiger partial charge is 0.472 e. The van der Waals surface area contributed by atoms with Crippen LogP contribution < -0.4 is 21.1 Å². The average molecular weight is 478 g/mol. The van der Waals surface area contributed by atoms with E-state index in [1.165, 1.54) is 17.6 Å². The van der Waals surface area contributed by atoms with Gasteiger partial charge in [0, 0.05) is 31.0 Å². The lowest BCUT2D eigenvalue weighted by Gasteiger charge is -2.26. The van der Waals surface area contributed by atoms with Crippen molar-refractivity contribution in [2.45, 2.75) is 25.6 Å². The third-order valence-electron chi connectivity index (χ3n) is 5.30. The van der Waals surface area contributed by atoms with Crippen LogP contribution in [0.5, 0.6) is 0 Å². The van der Waals surface area contributed by atoms with E-state index in [9.17, 15) is 27.6 Å². The SMILES string of the molecule is O=C(NNC(=O)C(F)(F)F)c1ccc(CN(C(=O)NCC2CCOCC2)c2ccccc2)cc1. The Labute approximate surface area is 194 Å². The highest BCUT2D eigenvalue weighted by atomic mass is 19.4. The summed E-state index contributed by atoms with van der Waals surface area (Å²) in [6.07, 6.45) is -3.33. The van der Waals surface area contributed by atoms with E-state index in [0.717, 1.165) is 12.8 Å². The lowest BCUT2D eigenvalue weighted by atomic mass is 10.0. The van der Waals surface area contributed by atoms with E-state index in [1.54, 1.807) is 34.6 Å². The Balaban J connectivity index is 1.63. The average Bonchev–Trinajstić information content (AvgIpc) is 2.85. The fourth-order valence-electron chi connectivity index (χ4n) is 3.37. The van der Waals surface area contributed by atoms with Gasteiger partial charge in [0.15, 0.2) is 0 Å². The molecule has 0 unspecified atom stereocenters. The summed E-state index contributed by atoms with van der Waals surface area (Å²) in [6.45, 7) is 2.11. The van der Waals surface area contributed by atoms with Crippen molar-refractivity contribution in [1.29, 1.82) is 0 Å². The number of carbonyl (C=O) groups is 3. The van der Waals surface area contributed by atoms with Gasteiger partial charge in [-0.1, -0.05) is 30.3 Å². The van der Waals surface area contributed by atoms with Crippen LogP contribution in [0, 0.1) is 5.92 Å². The molecule has 0 spiro atoms. The molecular formula is C23H25F3N4O4. The number of nitrogens with one attached hydrogen (secondary N) is 3. The monoisotopic (exact) mass is 478 g/mol. The number of urea groups is 1. The minimum absolute atomic E-state index is 0.0430. The van der Waals surface area contributed by atoms with Crippen LogP contribution in [0.25, 0.3) is 0 Å². The van der Waals surface area contributed by atoms with Crippen molar-refractivity contribution in [3.8, 4) is 0 Å². The smallest absolute Gasteiger partial charge is 0.381 e. The number of carbonyl (C=O) groups excluding carboxylic acids is 3. The number of hydrazine groups is 1. The summed E-state index contributed by atoms with van der Waals surface area (Å²) in [5.41, 5.74) is 4.45. The molecule has 2 aromatic carbocycles. The topological polar surface area (TPSA) is 99.8 Å². The van der Waals surface area contributed by atoms with Crippen molar-refractivity contribution >= 4 is 23.5 Å². The molecular weight excluding hydrogens is 453 g/mol. The standard InChI is InChI=1S/C23H25F3N4O4/c24-23(25,26)21(32)29-28-20(31)18-8-6-17(7-9-18)15-30(19-4-2-1-3-5-19)22(33)27-14-16-10-12-34-13-11-16/h1-9,16H,10-15H2,(H,27,33)(H,28,31)(H,29,32). The fourth-order valence-corrected chi connectivity index (χ4v) is 3.37. The number of benzene rings is 2. The lowest BCUT2D eigenvalue weighted by Crippen LogP contribution is -2.47. The van der Waals surface area contributed by atoms with Crippen LogP contribution >= 0.6 is 0 Å². The molecule has 1 heterocycles. The third-order valence-corrected chi connectivity index (χ3v) is 5.30. The van der Waals surface area contributed by atoms with Gasteiger partial charge in [-0.2, -0.15) is 13.2 Å².